The van der Waals surface area contributed by atoms with Crippen molar-refractivity contribution in [2.45, 2.75) is 31.8 Å². The number of benzene rings is 3. The summed E-state index contributed by atoms with van der Waals surface area (Å²) in [5, 5.41) is 2.98. The van der Waals surface area contributed by atoms with Gasteiger partial charge in [-0.1, -0.05) is 59.7 Å². The molecule has 1 saturated heterocycles. The first-order chi connectivity index (χ1) is 16.3. The lowest BCUT2D eigenvalue weighted by atomic mass is 10.1. The average molecular weight is 478 g/mol. The summed E-state index contributed by atoms with van der Waals surface area (Å²) in [6, 6.07) is 22.7. The lowest BCUT2D eigenvalue weighted by Crippen LogP contribution is -2.48. The van der Waals surface area contributed by atoms with Gasteiger partial charge >= 0.3 is 0 Å². The monoisotopic (exact) mass is 477 g/mol. The predicted molar refractivity (Wildman–Crippen MR) is 134 cm³/mol. The fourth-order valence-electron chi connectivity index (χ4n) is 4.05. The largest absolute Gasteiger partial charge is 0.348 e. The number of rotatable bonds is 7. The van der Waals surface area contributed by atoms with Gasteiger partial charge in [-0.3, -0.25) is 9.69 Å². The van der Waals surface area contributed by atoms with Crippen LogP contribution in [0, 0.1) is 13.8 Å². The summed E-state index contributed by atoms with van der Waals surface area (Å²) in [4.78, 5) is 15.2. The summed E-state index contributed by atoms with van der Waals surface area (Å²) in [5.74, 6) is -0.101. The van der Waals surface area contributed by atoms with Crippen molar-refractivity contribution >= 4 is 15.9 Å². The molecule has 34 heavy (non-hydrogen) atoms. The van der Waals surface area contributed by atoms with Crippen LogP contribution in [0.4, 0.5) is 0 Å². The highest BCUT2D eigenvalue weighted by molar-refractivity contribution is 7.89. The Kier molecular flexibility index (Phi) is 7.46. The van der Waals surface area contributed by atoms with E-state index in [4.69, 9.17) is 0 Å². The van der Waals surface area contributed by atoms with Crippen LogP contribution >= 0.6 is 0 Å². The molecule has 1 aliphatic rings. The summed E-state index contributed by atoms with van der Waals surface area (Å²) < 4.78 is 27.4. The first kappa shape index (κ1) is 24.1. The third-order valence-corrected chi connectivity index (χ3v) is 8.07. The smallest absolute Gasteiger partial charge is 0.251 e. The summed E-state index contributed by atoms with van der Waals surface area (Å²) in [6.07, 6.45) is 0. The van der Waals surface area contributed by atoms with E-state index < -0.39 is 10.0 Å². The lowest BCUT2D eigenvalue weighted by Gasteiger charge is -2.34. The van der Waals surface area contributed by atoms with Crippen LogP contribution in [-0.4, -0.2) is 49.7 Å². The van der Waals surface area contributed by atoms with Crippen molar-refractivity contribution in [3.05, 3.63) is 101 Å². The van der Waals surface area contributed by atoms with E-state index in [-0.39, 0.29) is 5.91 Å². The average Bonchev–Trinajstić information content (AvgIpc) is 2.84. The lowest BCUT2D eigenvalue weighted by molar-refractivity contribution is 0.0950. The normalized spacial score (nSPS) is 15.2. The highest BCUT2D eigenvalue weighted by Gasteiger charge is 2.28. The van der Waals surface area contributed by atoms with Gasteiger partial charge in [-0.05, 0) is 49.2 Å². The number of amides is 1. The quantitative estimate of drug-likeness (QED) is 0.563. The van der Waals surface area contributed by atoms with E-state index >= 15 is 0 Å². The zero-order chi connectivity index (χ0) is 24.1. The number of sulfonamides is 1. The van der Waals surface area contributed by atoms with Gasteiger partial charge < -0.3 is 5.32 Å². The van der Waals surface area contributed by atoms with Gasteiger partial charge in [-0.2, -0.15) is 4.31 Å². The number of nitrogens with zero attached hydrogens (tertiary/aromatic N) is 2. The van der Waals surface area contributed by atoms with Crippen molar-refractivity contribution in [2.24, 2.45) is 0 Å². The molecule has 0 bridgehead atoms. The summed E-state index contributed by atoms with van der Waals surface area (Å²) >= 11 is 0. The van der Waals surface area contributed by atoms with E-state index in [2.05, 4.69) is 10.2 Å². The summed E-state index contributed by atoms with van der Waals surface area (Å²) in [5.41, 5.74) is 4.96. The van der Waals surface area contributed by atoms with Gasteiger partial charge in [-0.25, -0.2) is 8.42 Å². The molecule has 3 aromatic carbocycles. The Morgan fingerprint density at radius 2 is 1.44 bits per heavy atom. The number of piperazine rings is 1. The number of nitrogens with one attached hydrogen (secondary N) is 1. The predicted octanol–water partition coefficient (Wildman–Crippen LogP) is 3.74. The molecule has 178 valence electrons. The number of hydrogen-bond donors (Lipinski definition) is 1. The van der Waals surface area contributed by atoms with Crippen LogP contribution in [0.25, 0.3) is 0 Å². The fraction of sp³-hybridized carbons (Fsp3) is 0.296. The van der Waals surface area contributed by atoms with Crippen molar-refractivity contribution in [2.75, 3.05) is 26.2 Å². The zero-order valence-corrected chi connectivity index (χ0v) is 20.5. The second-order valence-corrected chi connectivity index (χ2v) is 10.8. The molecule has 0 atom stereocenters. The Labute approximate surface area is 202 Å². The molecular formula is C27H31N3O3S. The Balaban J connectivity index is 1.32. The molecule has 0 aromatic heterocycles. The fourth-order valence-corrected chi connectivity index (χ4v) is 5.47. The van der Waals surface area contributed by atoms with Gasteiger partial charge in [0.1, 0.15) is 0 Å². The molecular weight excluding hydrogens is 446 g/mol. The van der Waals surface area contributed by atoms with Crippen LogP contribution in [0.2, 0.25) is 0 Å². The summed E-state index contributed by atoms with van der Waals surface area (Å²) in [6.45, 7) is 7.34. The van der Waals surface area contributed by atoms with Crippen LogP contribution in [0.3, 0.4) is 0 Å². The van der Waals surface area contributed by atoms with Crippen molar-refractivity contribution in [3.8, 4) is 0 Å². The minimum absolute atomic E-state index is 0.101. The number of hydrogen-bond acceptors (Lipinski definition) is 4. The van der Waals surface area contributed by atoms with Gasteiger partial charge in [0.25, 0.3) is 5.91 Å². The molecule has 7 heteroatoms. The molecule has 1 heterocycles. The van der Waals surface area contributed by atoms with Gasteiger partial charge in [-0.15, -0.1) is 0 Å². The number of aryl methyl sites for hydroxylation is 2. The van der Waals surface area contributed by atoms with Gasteiger partial charge in [0.05, 0.1) is 4.90 Å². The standard InChI is InChI=1S/C27H31N3O3S/c1-21-6-10-23(11-7-21)19-28-27(31)25-5-3-4-24(18-25)20-29-14-16-30(17-15-29)34(32,33)26-12-8-22(2)9-13-26/h3-13,18H,14-17,19-20H2,1-2H3,(H,28,31). The molecule has 0 aliphatic carbocycles. The maximum absolute atomic E-state index is 12.9. The maximum Gasteiger partial charge on any atom is 0.251 e. The molecule has 0 saturated carbocycles. The van der Waals surface area contributed by atoms with Crippen LogP contribution in [0.5, 0.6) is 0 Å². The van der Waals surface area contributed by atoms with Crippen molar-refractivity contribution in [1.29, 1.82) is 0 Å². The van der Waals surface area contributed by atoms with Gasteiger partial charge in [0.15, 0.2) is 0 Å². The SMILES string of the molecule is Cc1ccc(CNC(=O)c2cccc(CN3CCN(S(=O)(=O)c4ccc(C)cc4)CC3)c2)cc1. The minimum Gasteiger partial charge on any atom is -0.348 e. The van der Waals surface area contributed by atoms with E-state index in [0.29, 0.717) is 49.7 Å². The van der Waals surface area contributed by atoms with Crippen LogP contribution in [-0.2, 0) is 23.1 Å². The van der Waals surface area contributed by atoms with E-state index in [0.717, 1.165) is 16.7 Å². The van der Waals surface area contributed by atoms with E-state index in [1.54, 1.807) is 16.4 Å². The van der Waals surface area contributed by atoms with Gasteiger partial charge in [0.2, 0.25) is 10.0 Å². The topological polar surface area (TPSA) is 69.7 Å². The van der Waals surface area contributed by atoms with Crippen molar-refractivity contribution in [3.63, 3.8) is 0 Å². The van der Waals surface area contributed by atoms with Gasteiger partial charge in [0, 0.05) is 44.8 Å². The molecule has 0 unspecified atom stereocenters. The maximum atomic E-state index is 12.9. The molecule has 0 radical (unpaired) electrons. The van der Waals surface area contributed by atoms with Crippen molar-refractivity contribution in [1.82, 2.24) is 14.5 Å². The highest BCUT2D eigenvalue weighted by Crippen LogP contribution is 2.19. The molecule has 6 nitrogen and oxygen atoms in total. The Morgan fingerprint density at radius 3 is 2.09 bits per heavy atom. The van der Waals surface area contributed by atoms with E-state index in [9.17, 15) is 13.2 Å². The zero-order valence-electron chi connectivity index (χ0n) is 19.7. The summed E-state index contributed by atoms with van der Waals surface area (Å²) in [7, 11) is -3.47. The van der Waals surface area contributed by atoms with Crippen LogP contribution in [0.15, 0.2) is 77.7 Å². The van der Waals surface area contributed by atoms with Crippen LogP contribution < -0.4 is 5.32 Å². The third kappa shape index (κ3) is 5.91. The minimum atomic E-state index is -3.47. The van der Waals surface area contributed by atoms with E-state index in [1.807, 2.05) is 74.5 Å². The Hall–Kier alpha value is -3.00. The first-order valence-corrected chi connectivity index (χ1v) is 13.0. The van der Waals surface area contributed by atoms with Crippen molar-refractivity contribution < 1.29 is 13.2 Å². The first-order valence-electron chi connectivity index (χ1n) is 11.5. The highest BCUT2D eigenvalue weighted by atomic mass is 32.2. The number of carbonyl (C=O) groups is 1. The number of carbonyl (C=O) groups excluding carboxylic acids is 1. The molecule has 1 N–H and O–H groups in total. The van der Waals surface area contributed by atoms with Crippen LogP contribution in [0.1, 0.15) is 32.6 Å². The molecule has 0 spiro atoms. The third-order valence-electron chi connectivity index (χ3n) is 6.16. The molecule has 3 aromatic rings. The molecule has 1 fully saturated rings. The molecule has 1 amide bonds. The molecule has 1 aliphatic heterocycles. The molecule has 4 rings (SSSR count). The Morgan fingerprint density at radius 1 is 0.824 bits per heavy atom. The second kappa shape index (κ2) is 10.5. The van der Waals surface area contributed by atoms with E-state index in [1.165, 1.54) is 5.56 Å². The Bertz CT molecular complexity index is 1230. The second-order valence-electron chi connectivity index (χ2n) is 8.86.